The first-order valence-electron chi connectivity index (χ1n) is 7.74. The summed E-state index contributed by atoms with van der Waals surface area (Å²) in [5, 5.41) is 5.04. The maximum Gasteiger partial charge on any atom is 0.142 e. The summed E-state index contributed by atoms with van der Waals surface area (Å²) in [4.78, 5) is 0. The summed E-state index contributed by atoms with van der Waals surface area (Å²) in [6.07, 6.45) is 5.61. The van der Waals surface area contributed by atoms with Crippen LogP contribution in [0.15, 0.2) is 48.6 Å². The number of nitrogens with one attached hydrogen (secondary N) is 1. The summed E-state index contributed by atoms with van der Waals surface area (Å²) < 4.78 is 5.55. The fraction of sp³-hybridized carbons (Fsp3) is 0.263. The largest absolute Gasteiger partial charge is 0.495 e. The first-order valence-corrected chi connectivity index (χ1v) is 8.49. The van der Waals surface area contributed by atoms with E-state index in [0.29, 0.717) is 21.9 Å². The Morgan fingerprint density at radius 1 is 1.13 bits per heavy atom. The molecule has 2 aromatic carbocycles. The molecule has 0 bridgehead atoms. The molecule has 2 aromatic rings. The summed E-state index contributed by atoms with van der Waals surface area (Å²) in [5.74, 6) is 1.71. The molecule has 1 heterocycles. The zero-order valence-corrected chi connectivity index (χ0v) is 14.2. The van der Waals surface area contributed by atoms with Crippen molar-refractivity contribution in [1.82, 2.24) is 0 Å². The van der Waals surface area contributed by atoms with Crippen LogP contribution in [0.4, 0.5) is 5.69 Å². The van der Waals surface area contributed by atoms with Crippen LogP contribution in [0.1, 0.15) is 29.5 Å². The quantitative estimate of drug-likeness (QED) is 0.691. The zero-order valence-electron chi connectivity index (χ0n) is 12.7. The van der Waals surface area contributed by atoms with Gasteiger partial charge in [0, 0.05) is 16.0 Å². The molecule has 1 aliphatic heterocycles. The summed E-state index contributed by atoms with van der Waals surface area (Å²) >= 11 is 12.5. The van der Waals surface area contributed by atoms with Gasteiger partial charge in [0.25, 0.3) is 0 Å². The summed E-state index contributed by atoms with van der Waals surface area (Å²) in [7, 11) is 1.71. The van der Waals surface area contributed by atoms with E-state index in [9.17, 15) is 0 Å². The van der Waals surface area contributed by atoms with Gasteiger partial charge in [-0.3, -0.25) is 0 Å². The first kappa shape index (κ1) is 14.9. The molecule has 4 rings (SSSR count). The Labute approximate surface area is 146 Å². The SMILES string of the molecule is COc1cccc2c1N[C@@H](c1ccc(Cl)cc1Cl)[C@@H]1CC=C[C@H]21. The van der Waals surface area contributed by atoms with Crippen LogP contribution in [0.5, 0.6) is 5.75 Å². The highest BCUT2D eigenvalue weighted by molar-refractivity contribution is 6.35. The number of ether oxygens (including phenoxy) is 1. The molecular formula is C19H17Cl2NO. The minimum absolute atomic E-state index is 0.142. The molecule has 4 heteroatoms. The third-order valence-corrected chi connectivity index (χ3v) is 5.44. The fourth-order valence-corrected chi connectivity index (χ4v) is 4.35. The van der Waals surface area contributed by atoms with E-state index in [1.54, 1.807) is 7.11 Å². The minimum atomic E-state index is 0.142. The lowest BCUT2D eigenvalue weighted by molar-refractivity contribution is 0.397. The van der Waals surface area contributed by atoms with Gasteiger partial charge in [0.15, 0.2) is 0 Å². The second kappa shape index (κ2) is 5.77. The molecule has 2 aliphatic rings. The predicted octanol–water partition coefficient (Wildman–Crippen LogP) is 5.83. The van der Waals surface area contributed by atoms with Crippen LogP contribution < -0.4 is 10.1 Å². The predicted molar refractivity (Wildman–Crippen MR) is 95.8 cm³/mol. The number of rotatable bonds is 2. The normalized spacial score (nSPS) is 24.7. The number of hydrogen-bond donors (Lipinski definition) is 1. The van der Waals surface area contributed by atoms with Crippen molar-refractivity contribution >= 4 is 28.9 Å². The van der Waals surface area contributed by atoms with E-state index in [2.05, 4.69) is 29.6 Å². The molecule has 0 saturated carbocycles. The second-order valence-electron chi connectivity index (χ2n) is 6.07. The third kappa shape index (κ3) is 2.41. The lowest BCUT2D eigenvalue weighted by Crippen LogP contribution is -2.29. The minimum Gasteiger partial charge on any atom is -0.495 e. The molecule has 0 radical (unpaired) electrons. The van der Waals surface area contributed by atoms with Crippen molar-refractivity contribution in [2.45, 2.75) is 18.4 Å². The molecule has 2 nitrogen and oxygen atoms in total. The van der Waals surface area contributed by atoms with Crippen molar-refractivity contribution in [3.8, 4) is 5.75 Å². The highest BCUT2D eigenvalue weighted by Gasteiger charge is 2.39. The van der Waals surface area contributed by atoms with E-state index in [4.69, 9.17) is 27.9 Å². The maximum atomic E-state index is 6.48. The second-order valence-corrected chi connectivity index (χ2v) is 6.91. The van der Waals surface area contributed by atoms with Crippen LogP contribution in [0.2, 0.25) is 10.0 Å². The van der Waals surface area contributed by atoms with Gasteiger partial charge in [-0.05, 0) is 41.7 Å². The molecule has 0 amide bonds. The van der Waals surface area contributed by atoms with Gasteiger partial charge < -0.3 is 10.1 Å². The first-order chi connectivity index (χ1) is 11.2. The van der Waals surface area contributed by atoms with Gasteiger partial charge in [-0.2, -0.15) is 0 Å². The molecule has 3 atom stereocenters. The average molecular weight is 346 g/mol. The number of hydrogen-bond acceptors (Lipinski definition) is 2. The fourth-order valence-electron chi connectivity index (χ4n) is 3.82. The Kier molecular flexibility index (Phi) is 3.74. The van der Waals surface area contributed by atoms with Gasteiger partial charge in [0.2, 0.25) is 0 Å². The number of fused-ring (bicyclic) bond motifs is 3. The molecule has 1 N–H and O–H groups in total. The lowest BCUT2D eigenvalue weighted by atomic mass is 9.77. The molecule has 0 spiro atoms. The van der Waals surface area contributed by atoms with E-state index in [-0.39, 0.29) is 6.04 Å². The van der Waals surface area contributed by atoms with Gasteiger partial charge in [-0.15, -0.1) is 0 Å². The molecule has 0 unspecified atom stereocenters. The van der Waals surface area contributed by atoms with Crippen molar-refractivity contribution in [2.24, 2.45) is 5.92 Å². The van der Waals surface area contributed by atoms with Crippen LogP contribution in [0.3, 0.4) is 0 Å². The molecule has 0 saturated heterocycles. The van der Waals surface area contributed by atoms with Crippen molar-refractivity contribution in [2.75, 3.05) is 12.4 Å². The highest BCUT2D eigenvalue weighted by atomic mass is 35.5. The monoisotopic (exact) mass is 345 g/mol. The summed E-state index contributed by atoms with van der Waals surface area (Å²) in [6.45, 7) is 0. The molecule has 118 valence electrons. The average Bonchev–Trinajstić information content (AvgIpc) is 3.04. The van der Waals surface area contributed by atoms with E-state index >= 15 is 0 Å². The maximum absolute atomic E-state index is 6.48. The number of benzene rings is 2. The molecule has 0 fully saturated rings. The van der Waals surface area contributed by atoms with Crippen LogP contribution >= 0.6 is 23.2 Å². The third-order valence-electron chi connectivity index (χ3n) is 4.88. The number of para-hydroxylation sites is 1. The van der Waals surface area contributed by atoms with E-state index in [1.165, 1.54) is 5.56 Å². The van der Waals surface area contributed by atoms with Gasteiger partial charge in [-0.25, -0.2) is 0 Å². The van der Waals surface area contributed by atoms with Gasteiger partial charge in [0.1, 0.15) is 5.75 Å². The van der Waals surface area contributed by atoms with Crippen molar-refractivity contribution in [1.29, 1.82) is 0 Å². The molecular weight excluding hydrogens is 329 g/mol. The number of allylic oxidation sites excluding steroid dienone is 2. The van der Waals surface area contributed by atoms with E-state index in [0.717, 1.165) is 23.4 Å². The Hall–Kier alpha value is -1.64. The van der Waals surface area contributed by atoms with Gasteiger partial charge >= 0.3 is 0 Å². The Morgan fingerprint density at radius 2 is 2.00 bits per heavy atom. The van der Waals surface area contributed by atoms with Crippen molar-refractivity contribution in [3.63, 3.8) is 0 Å². The molecule has 0 aromatic heterocycles. The molecule has 23 heavy (non-hydrogen) atoms. The lowest BCUT2D eigenvalue weighted by Gasteiger charge is -2.38. The zero-order chi connectivity index (χ0) is 16.0. The summed E-state index contributed by atoms with van der Waals surface area (Å²) in [5.41, 5.74) is 3.45. The standard InChI is InChI=1S/C19H17Cl2NO/c1-23-17-7-3-6-14-12-4-2-5-13(12)18(22-19(14)17)15-9-8-11(20)10-16(15)21/h2-4,6-10,12-13,18,22H,5H2,1H3/t12-,13+,18+/m0/s1. The number of methoxy groups -OCH3 is 1. The number of anilines is 1. The van der Waals surface area contributed by atoms with Gasteiger partial charge in [0.05, 0.1) is 18.8 Å². The highest BCUT2D eigenvalue weighted by Crippen LogP contribution is 2.52. The van der Waals surface area contributed by atoms with Gasteiger partial charge in [-0.1, -0.05) is 53.6 Å². The Morgan fingerprint density at radius 3 is 2.78 bits per heavy atom. The van der Waals surface area contributed by atoms with Crippen LogP contribution in [0, 0.1) is 5.92 Å². The van der Waals surface area contributed by atoms with Crippen LogP contribution in [-0.2, 0) is 0 Å². The van der Waals surface area contributed by atoms with Crippen molar-refractivity contribution in [3.05, 3.63) is 69.7 Å². The van der Waals surface area contributed by atoms with Crippen molar-refractivity contribution < 1.29 is 4.74 Å². The molecule has 1 aliphatic carbocycles. The Bertz CT molecular complexity index is 787. The van der Waals surface area contributed by atoms with E-state index in [1.807, 2.05) is 24.3 Å². The van der Waals surface area contributed by atoms with Crippen LogP contribution in [0.25, 0.3) is 0 Å². The Balaban J connectivity index is 1.83. The van der Waals surface area contributed by atoms with Crippen LogP contribution in [-0.4, -0.2) is 7.11 Å². The smallest absolute Gasteiger partial charge is 0.142 e. The topological polar surface area (TPSA) is 21.3 Å². The summed E-state index contributed by atoms with van der Waals surface area (Å²) in [6, 6.07) is 12.1. The van der Waals surface area contributed by atoms with E-state index < -0.39 is 0 Å². The number of halogens is 2.